The van der Waals surface area contributed by atoms with Gasteiger partial charge in [-0.3, -0.25) is 4.79 Å². The van der Waals surface area contributed by atoms with Gasteiger partial charge in [0.25, 0.3) is 5.91 Å². The number of rotatable bonds is 2. The molecule has 0 radical (unpaired) electrons. The van der Waals surface area contributed by atoms with E-state index in [0.29, 0.717) is 0 Å². The van der Waals surface area contributed by atoms with Crippen LogP contribution < -0.4 is 0 Å². The number of aliphatic hydroxyl groups is 1. The van der Waals surface area contributed by atoms with Crippen LogP contribution in [0.3, 0.4) is 0 Å². The van der Waals surface area contributed by atoms with Gasteiger partial charge >= 0.3 is 6.18 Å². The summed E-state index contributed by atoms with van der Waals surface area (Å²) < 4.78 is 51.4. The van der Waals surface area contributed by atoms with Gasteiger partial charge in [-0.05, 0) is 42.3 Å². The van der Waals surface area contributed by atoms with Gasteiger partial charge in [0.1, 0.15) is 17.5 Å². The minimum absolute atomic E-state index is 0.101. The van der Waals surface area contributed by atoms with Gasteiger partial charge in [0.15, 0.2) is 0 Å². The van der Waals surface area contributed by atoms with E-state index in [4.69, 9.17) is 5.26 Å². The average Bonchev–Trinajstić information content (AvgIpc) is 3.04. The molecule has 2 aromatic carbocycles. The van der Waals surface area contributed by atoms with Gasteiger partial charge in [0.05, 0.1) is 17.7 Å². The fraction of sp³-hybridized carbons (Fsp3) is 0.263. The Hall–Kier alpha value is -2.92. The van der Waals surface area contributed by atoms with Crippen molar-refractivity contribution in [2.45, 2.75) is 18.2 Å². The lowest BCUT2D eigenvalue weighted by Gasteiger charge is -2.24. The second-order valence-electron chi connectivity index (χ2n) is 6.39. The molecule has 1 aliphatic heterocycles. The van der Waals surface area contributed by atoms with Crippen molar-refractivity contribution in [3.63, 3.8) is 0 Å². The molecule has 140 valence electrons. The van der Waals surface area contributed by atoms with Crippen molar-refractivity contribution in [2.75, 3.05) is 13.1 Å². The summed E-state index contributed by atoms with van der Waals surface area (Å²) in [4.78, 5) is 13.9. The third-order valence-corrected chi connectivity index (χ3v) is 4.62. The lowest BCUT2D eigenvalue weighted by molar-refractivity contribution is -0.137. The molecule has 3 rings (SSSR count). The highest BCUT2D eigenvalue weighted by Gasteiger charge is 2.40. The first-order chi connectivity index (χ1) is 12.6. The molecule has 1 atom stereocenters. The molecule has 1 aliphatic rings. The number of benzene rings is 2. The Labute approximate surface area is 152 Å². The molecule has 2 aromatic rings. The monoisotopic (exact) mass is 378 g/mol. The van der Waals surface area contributed by atoms with E-state index in [-0.39, 0.29) is 36.2 Å². The van der Waals surface area contributed by atoms with E-state index in [2.05, 4.69) is 0 Å². The van der Waals surface area contributed by atoms with Crippen LogP contribution in [0.4, 0.5) is 17.6 Å². The Kier molecular flexibility index (Phi) is 4.66. The topological polar surface area (TPSA) is 64.3 Å². The molecule has 1 unspecified atom stereocenters. The second kappa shape index (κ2) is 6.67. The number of nitriles is 1. The predicted octanol–water partition coefficient (Wildman–Crippen LogP) is 3.45. The van der Waals surface area contributed by atoms with Crippen LogP contribution in [0.25, 0.3) is 0 Å². The molecule has 1 N–H and O–H groups in total. The van der Waals surface area contributed by atoms with E-state index in [1.165, 1.54) is 23.1 Å². The lowest BCUT2D eigenvalue weighted by Crippen LogP contribution is -2.34. The summed E-state index contributed by atoms with van der Waals surface area (Å²) in [6.07, 6.45) is -4.32. The van der Waals surface area contributed by atoms with E-state index >= 15 is 0 Å². The molecule has 4 nitrogen and oxygen atoms in total. The SMILES string of the molecule is N#Cc1cc(C(=O)N2CCC(O)(c3ccc(C(F)(F)F)cc3)C2)ccc1F. The van der Waals surface area contributed by atoms with Gasteiger partial charge < -0.3 is 10.0 Å². The number of hydrogen-bond donors (Lipinski definition) is 1. The summed E-state index contributed by atoms with van der Waals surface area (Å²) in [5.74, 6) is -1.23. The van der Waals surface area contributed by atoms with Crippen molar-refractivity contribution in [3.8, 4) is 6.07 Å². The number of amides is 1. The standard InChI is InChI=1S/C19H14F4N2O2/c20-16-6-1-12(9-13(16)10-24)17(26)25-8-7-18(27,11-25)14-2-4-15(5-3-14)19(21,22)23/h1-6,9,27H,7-8,11H2. The van der Waals surface area contributed by atoms with E-state index < -0.39 is 29.1 Å². The summed E-state index contributed by atoms with van der Waals surface area (Å²) in [7, 11) is 0. The normalized spacial score (nSPS) is 19.8. The molecule has 27 heavy (non-hydrogen) atoms. The molecule has 0 bridgehead atoms. The molecular weight excluding hydrogens is 364 g/mol. The van der Waals surface area contributed by atoms with Crippen molar-refractivity contribution in [1.82, 2.24) is 4.90 Å². The zero-order chi connectivity index (χ0) is 19.8. The van der Waals surface area contributed by atoms with Gasteiger partial charge in [-0.2, -0.15) is 18.4 Å². The Morgan fingerprint density at radius 1 is 1.19 bits per heavy atom. The molecule has 0 aliphatic carbocycles. The first-order valence-electron chi connectivity index (χ1n) is 8.03. The van der Waals surface area contributed by atoms with Crippen LogP contribution in [0.2, 0.25) is 0 Å². The lowest BCUT2D eigenvalue weighted by atomic mass is 9.92. The van der Waals surface area contributed by atoms with Crippen LogP contribution in [0.5, 0.6) is 0 Å². The van der Waals surface area contributed by atoms with E-state index in [1.807, 2.05) is 0 Å². The summed E-state index contributed by atoms with van der Waals surface area (Å²) in [6, 6.07) is 9.21. The average molecular weight is 378 g/mol. The summed E-state index contributed by atoms with van der Waals surface area (Å²) in [5, 5.41) is 19.6. The number of hydrogen-bond acceptors (Lipinski definition) is 3. The molecule has 0 spiro atoms. The second-order valence-corrected chi connectivity index (χ2v) is 6.39. The van der Waals surface area contributed by atoms with E-state index in [1.54, 1.807) is 6.07 Å². The highest BCUT2D eigenvalue weighted by molar-refractivity contribution is 5.94. The Balaban J connectivity index is 1.79. The Morgan fingerprint density at radius 3 is 2.44 bits per heavy atom. The van der Waals surface area contributed by atoms with Gasteiger partial charge in [-0.25, -0.2) is 4.39 Å². The molecular formula is C19H14F4N2O2. The quantitative estimate of drug-likeness (QED) is 0.815. The number of carbonyl (C=O) groups is 1. The fourth-order valence-electron chi connectivity index (χ4n) is 3.10. The van der Waals surface area contributed by atoms with Gasteiger partial charge in [-0.1, -0.05) is 12.1 Å². The number of likely N-dealkylation sites (tertiary alicyclic amines) is 1. The molecule has 1 amide bonds. The van der Waals surface area contributed by atoms with Crippen LogP contribution in [-0.2, 0) is 11.8 Å². The maximum absolute atomic E-state index is 13.4. The van der Waals surface area contributed by atoms with Crippen molar-refractivity contribution in [2.24, 2.45) is 0 Å². The first-order valence-corrected chi connectivity index (χ1v) is 8.03. The van der Waals surface area contributed by atoms with Crippen molar-refractivity contribution in [3.05, 3.63) is 70.5 Å². The number of β-amino-alcohol motifs (C(OH)–C–C–N with tert-alkyl or cyclic N) is 1. The number of alkyl halides is 3. The summed E-state index contributed by atoms with van der Waals surface area (Å²) in [5.41, 5.74) is -2.18. The maximum Gasteiger partial charge on any atom is 0.416 e. The zero-order valence-corrected chi connectivity index (χ0v) is 13.9. The third kappa shape index (κ3) is 3.64. The molecule has 1 saturated heterocycles. The van der Waals surface area contributed by atoms with Crippen LogP contribution in [0.1, 0.15) is 33.5 Å². The minimum atomic E-state index is -4.47. The number of carbonyl (C=O) groups excluding carboxylic acids is 1. The van der Waals surface area contributed by atoms with E-state index in [0.717, 1.165) is 24.3 Å². The van der Waals surface area contributed by atoms with Gasteiger partial charge in [0, 0.05) is 12.1 Å². The predicted molar refractivity (Wildman–Crippen MR) is 87.0 cm³/mol. The largest absolute Gasteiger partial charge is 0.416 e. The molecule has 1 fully saturated rings. The third-order valence-electron chi connectivity index (χ3n) is 4.62. The summed E-state index contributed by atoms with van der Waals surface area (Å²) >= 11 is 0. The van der Waals surface area contributed by atoms with Gasteiger partial charge in [0.2, 0.25) is 0 Å². The molecule has 0 aromatic heterocycles. The van der Waals surface area contributed by atoms with Crippen LogP contribution in [0, 0.1) is 17.1 Å². The Morgan fingerprint density at radius 2 is 1.85 bits per heavy atom. The summed E-state index contributed by atoms with van der Waals surface area (Å²) in [6.45, 7) is 0.0616. The molecule has 0 saturated carbocycles. The molecule has 1 heterocycles. The van der Waals surface area contributed by atoms with Crippen LogP contribution >= 0.6 is 0 Å². The highest BCUT2D eigenvalue weighted by atomic mass is 19.4. The minimum Gasteiger partial charge on any atom is -0.383 e. The zero-order valence-electron chi connectivity index (χ0n) is 13.9. The van der Waals surface area contributed by atoms with Crippen molar-refractivity contribution < 1.29 is 27.5 Å². The smallest absolute Gasteiger partial charge is 0.383 e. The Bertz CT molecular complexity index is 919. The van der Waals surface area contributed by atoms with Crippen LogP contribution in [-0.4, -0.2) is 29.0 Å². The molecule has 8 heteroatoms. The first kappa shape index (κ1) is 18.9. The van der Waals surface area contributed by atoms with E-state index in [9.17, 15) is 27.5 Å². The number of nitrogens with zero attached hydrogens (tertiary/aromatic N) is 2. The van der Waals surface area contributed by atoms with Crippen LogP contribution in [0.15, 0.2) is 42.5 Å². The van der Waals surface area contributed by atoms with Crippen molar-refractivity contribution in [1.29, 1.82) is 5.26 Å². The van der Waals surface area contributed by atoms with Crippen molar-refractivity contribution >= 4 is 5.91 Å². The maximum atomic E-state index is 13.4. The fourth-order valence-corrected chi connectivity index (χ4v) is 3.10. The highest BCUT2D eigenvalue weighted by Crippen LogP contribution is 2.35. The van der Waals surface area contributed by atoms with Gasteiger partial charge in [-0.15, -0.1) is 0 Å². The number of halogens is 4.